The molecular formula is C38H60F6I2O6S2. The highest BCUT2D eigenvalue weighted by atomic mass is 127. The van der Waals surface area contributed by atoms with Crippen LogP contribution in [-0.2, 0) is 33.1 Å². The Morgan fingerprint density at radius 1 is 0.426 bits per heavy atom. The molecule has 0 unspecified atom stereocenters. The van der Waals surface area contributed by atoms with Crippen LogP contribution in [0.1, 0.15) is 153 Å². The molecule has 0 fully saturated rings. The van der Waals surface area contributed by atoms with Crippen molar-refractivity contribution in [3.05, 3.63) is 66.8 Å². The predicted molar refractivity (Wildman–Crippen MR) is 225 cm³/mol. The molecule has 2 aromatic rings. The molecule has 54 heavy (non-hydrogen) atoms. The van der Waals surface area contributed by atoms with Crippen LogP contribution in [0.4, 0.5) is 26.3 Å². The summed E-state index contributed by atoms with van der Waals surface area (Å²) in [6.07, 6.45) is 31.0. The van der Waals surface area contributed by atoms with Crippen LogP contribution in [0, 0.1) is 7.14 Å². The first-order valence-electron chi connectivity index (χ1n) is 18.7. The van der Waals surface area contributed by atoms with Crippen molar-refractivity contribution in [1.82, 2.24) is 0 Å². The average molecular weight is 1040 g/mol. The Morgan fingerprint density at radius 2 is 0.611 bits per heavy atom. The highest BCUT2D eigenvalue weighted by Crippen LogP contribution is 2.21. The standard InChI is InChI=1S/2C18H29I.2CHF3O3S/c2*1-2-3-4-5-6-7-8-9-10-11-12-17-13-15-18(19)16-14-17;2*2-1(3,4)8(5,6)7/h2*13-16H,2-12H2,1H3;2*(H,5,6,7). The summed E-state index contributed by atoms with van der Waals surface area (Å²) >= 11 is 4.74. The van der Waals surface area contributed by atoms with Crippen LogP contribution in [-0.4, -0.2) is 37.0 Å². The molecule has 0 aromatic heterocycles. The van der Waals surface area contributed by atoms with Gasteiger partial charge in [-0.1, -0.05) is 154 Å². The highest BCUT2D eigenvalue weighted by Gasteiger charge is 2.45. The van der Waals surface area contributed by atoms with Gasteiger partial charge in [-0.3, -0.25) is 9.11 Å². The SMILES string of the molecule is CCCCCCCCCCCCc1ccc(I)cc1.CCCCCCCCCCCCc1ccc(I)cc1.O=S(=O)(O)C(F)(F)F.O=S(=O)(O)C(F)(F)F. The number of hydrogen-bond donors (Lipinski definition) is 2. The minimum atomic E-state index is -5.84. The van der Waals surface area contributed by atoms with Gasteiger partial charge in [0.1, 0.15) is 0 Å². The van der Waals surface area contributed by atoms with Crippen molar-refractivity contribution in [2.45, 2.75) is 166 Å². The lowest BCUT2D eigenvalue weighted by Gasteiger charge is -2.03. The number of aryl methyl sites for hydroxylation is 2. The van der Waals surface area contributed by atoms with Crippen molar-refractivity contribution in [1.29, 1.82) is 0 Å². The van der Waals surface area contributed by atoms with Crippen LogP contribution >= 0.6 is 45.2 Å². The van der Waals surface area contributed by atoms with E-state index >= 15 is 0 Å². The first-order valence-corrected chi connectivity index (χ1v) is 23.8. The van der Waals surface area contributed by atoms with E-state index in [0.29, 0.717) is 0 Å². The third-order valence-corrected chi connectivity index (χ3v) is 10.7. The fourth-order valence-corrected chi connectivity index (χ4v) is 5.65. The molecular weight excluding hydrogens is 984 g/mol. The van der Waals surface area contributed by atoms with Gasteiger partial charge >= 0.3 is 31.3 Å². The second-order valence-corrected chi connectivity index (χ2v) is 18.3. The fourth-order valence-electron chi connectivity index (χ4n) is 4.94. The van der Waals surface area contributed by atoms with Crippen molar-refractivity contribution < 1.29 is 52.3 Å². The minimum absolute atomic E-state index is 1.26. The number of alkyl halides is 6. The Labute approximate surface area is 348 Å². The number of rotatable bonds is 22. The third kappa shape index (κ3) is 34.5. The van der Waals surface area contributed by atoms with E-state index in [4.69, 9.17) is 25.9 Å². The average Bonchev–Trinajstić information content (AvgIpc) is 3.07. The van der Waals surface area contributed by atoms with Gasteiger partial charge in [0.25, 0.3) is 0 Å². The van der Waals surface area contributed by atoms with Crippen molar-refractivity contribution in [3.8, 4) is 0 Å². The normalized spacial score (nSPS) is 11.8. The molecule has 0 saturated heterocycles. The van der Waals surface area contributed by atoms with E-state index in [1.807, 2.05) is 0 Å². The number of hydrogen-bond acceptors (Lipinski definition) is 4. The molecule has 0 heterocycles. The van der Waals surface area contributed by atoms with Gasteiger partial charge < -0.3 is 0 Å². The molecule has 0 saturated carbocycles. The molecule has 316 valence electrons. The van der Waals surface area contributed by atoms with Gasteiger partial charge in [0.15, 0.2) is 0 Å². The van der Waals surface area contributed by atoms with Gasteiger partial charge in [0.05, 0.1) is 0 Å². The molecule has 2 aromatic carbocycles. The van der Waals surface area contributed by atoms with Crippen molar-refractivity contribution in [2.75, 3.05) is 0 Å². The van der Waals surface area contributed by atoms with Crippen LogP contribution in [0.5, 0.6) is 0 Å². The summed E-state index contributed by atoms with van der Waals surface area (Å²) < 4.78 is 118. The predicted octanol–water partition coefficient (Wildman–Crippen LogP) is 14.3. The molecule has 0 aliphatic rings. The molecule has 2 N–H and O–H groups in total. The maximum Gasteiger partial charge on any atom is 0.522 e. The number of unbranched alkanes of at least 4 members (excludes halogenated alkanes) is 18. The van der Waals surface area contributed by atoms with E-state index in [0.717, 1.165) is 0 Å². The van der Waals surface area contributed by atoms with Crippen molar-refractivity contribution in [2.24, 2.45) is 0 Å². The lowest BCUT2D eigenvalue weighted by atomic mass is 10.0. The largest absolute Gasteiger partial charge is 0.522 e. The molecule has 0 radical (unpaired) electrons. The van der Waals surface area contributed by atoms with Gasteiger partial charge in [0.2, 0.25) is 0 Å². The van der Waals surface area contributed by atoms with E-state index in [9.17, 15) is 26.3 Å². The fraction of sp³-hybridized carbons (Fsp3) is 0.684. The van der Waals surface area contributed by atoms with Gasteiger partial charge in [-0.15, -0.1) is 0 Å². The summed E-state index contributed by atoms with van der Waals surface area (Å²) in [6.45, 7) is 4.57. The Balaban J connectivity index is 0. The second-order valence-electron chi connectivity index (χ2n) is 13.0. The van der Waals surface area contributed by atoms with E-state index in [1.54, 1.807) is 0 Å². The maximum atomic E-state index is 10.7. The molecule has 0 aliphatic carbocycles. The minimum Gasteiger partial charge on any atom is -0.279 e. The summed E-state index contributed by atoms with van der Waals surface area (Å²) in [4.78, 5) is 0. The zero-order valence-electron chi connectivity index (χ0n) is 31.5. The lowest BCUT2D eigenvalue weighted by molar-refractivity contribution is -0.0514. The number of benzene rings is 2. The van der Waals surface area contributed by atoms with E-state index in [1.165, 1.54) is 160 Å². The molecule has 0 atom stereocenters. The molecule has 0 amide bonds. The Hall–Kier alpha value is -0.700. The summed E-state index contributed by atoms with van der Waals surface area (Å²) in [6, 6.07) is 18.0. The zero-order valence-corrected chi connectivity index (χ0v) is 37.5. The third-order valence-electron chi connectivity index (χ3n) is 8.05. The van der Waals surface area contributed by atoms with Crippen LogP contribution in [0.15, 0.2) is 48.5 Å². The summed E-state index contributed by atoms with van der Waals surface area (Å²) in [5.41, 5.74) is -8.07. The first kappa shape index (κ1) is 55.4. The van der Waals surface area contributed by atoms with Crippen LogP contribution in [0.3, 0.4) is 0 Å². The zero-order chi connectivity index (χ0) is 41.5. The molecule has 0 bridgehead atoms. The van der Waals surface area contributed by atoms with Crippen LogP contribution < -0.4 is 0 Å². The Kier molecular flexibility index (Phi) is 33.1. The van der Waals surface area contributed by atoms with Crippen molar-refractivity contribution in [3.63, 3.8) is 0 Å². The van der Waals surface area contributed by atoms with E-state index in [-0.39, 0.29) is 0 Å². The summed E-state index contributed by atoms with van der Waals surface area (Å²) in [7, 11) is -11.7. The van der Waals surface area contributed by atoms with Gasteiger partial charge in [-0.05, 0) is 106 Å². The molecule has 2 rings (SSSR count). The molecule has 16 heteroatoms. The highest BCUT2D eigenvalue weighted by molar-refractivity contribution is 14.1. The quantitative estimate of drug-likeness (QED) is 0.0400. The van der Waals surface area contributed by atoms with E-state index < -0.39 is 31.3 Å². The van der Waals surface area contributed by atoms with Crippen molar-refractivity contribution >= 4 is 65.4 Å². The topological polar surface area (TPSA) is 109 Å². The second kappa shape index (κ2) is 32.3. The molecule has 6 nitrogen and oxygen atoms in total. The maximum absolute atomic E-state index is 10.7. The smallest absolute Gasteiger partial charge is 0.279 e. The monoisotopic (exact) mass is 1040 g/mol. The van der Waals surface area contributed by atoms with Crippen LogP contribution in [0.25, 0.3) is 0 Å². The van der Waals surface area contributed by atoms with Gasteiger partial charge in [-0.2, -0.15) is 43.2 Å². The Morgan fingerprint density at radius 3 is 0.796 bits per heavy atom. The van der Waals surface area contributed by atoms with Crippen LogP contribution in [0.2, 0.25) is 0 Å². The summed E-state index contributed by atoms with van der Waals surface area (Å²) in [5, 5.41) is 0. The first-order chi connectivity index (χ1) is 25.2. The van der Waals surface area contributed by atoms with E-state index in [2.05, 4.69) is 108 Å². The molecule has 0 aliphatic heterocycles. The summed E-state index contributed by atoms with van der Waals surface area (Å²) in [5.74, 6) is 0. The Bertz CT molecular complexity index is 1280. The number of halogens is 8. The lowest BCUT2D eigenvalue weighted by Crippen LogP contribution is -2.21. The molecule has 0 spiro atoms. The van der Waals surface area contributed by atoms with Gasteiger partial charge in [0, 0.05) is 7.14 Å². The van der Waals surface area contributed by atoms with Gasteiger partial charge in [-0.25, -0.2) is 0 Å².